The zero-order valence-electron chi connectivity index (χ0n) is 10.7. The summed E-state index contributed by atoms with van der Waals surface area (Å²) in [5, 5.41) is 3.65. The van der Waals surface area contributed by atoms with Crippen molar-refractivity contribution in [2.45, 2.75) is 57.5 Å². The van der Waals surface area contributed by atoms with Gasteiger partial charge in [0.15, 0.2) is 0 Å². The fourth-order valence-corrected chi connectivity index (χ4v) is 3.65. The molecule has 96 valence electrons. The van der Waals surface area contributed by atoms with Gasteiger partial charge in [0.1, 0.15) is 5.78 Å². The Kier molecular flexibility index (Phi) is 2.99. The quantitative estimate of drug-likeness (QED) is 0.815. The molecule has 0 saturated carbocycles. The molecule has 17 heavy (non-hydrogen) atoms. The van der Waals surface area contributed by atoms with E-state index < -0.39 is 0 Å². The maximum atomic E-state index is 12.4. The van der Waals surface area contributed by atoms with Gasteiger partial charge < -0.3 is 10.1 Å². The van der Waals surface area contributed by atoms with Gasteiger partial charge in [-0.15, -0.1) is 0 Å². The summed E-state index contributed by atoms with van der Waals surface area (Å²) in [6.07, 6.45) is 6.76. The van der Waals surface area contributed by atoms with E-state index in [0.717, 1.165) is 32.5 Å². The van der Waals surface area contributed by atoms with Crippen LogP contribution >= 0.6 is 0 Å². The van der Waals surface area contributed by atoms with Gasteiger partial charge in [-0.05, 0) is 25.7 Å². The van der Waals surface area contributed by atoms with Crippen LogP contribution in [0.1, 0.15) is 45.4 Å². The van der Waals surface area contributed by atoms with Crippen LogP contribution in [-0.2, 0) is 9.53 Å². The predicted octanol–water partition coefficient (Wildman–Crippen LogP) is 1.90. The Bertz CT molecular complexity index is 299. The number of nitrogens with one attached hydrogen (secondary N) is 1. The molecule has 2 atom stereocenters. The van der Waals surface area contributed by atoms with Crippen LogP contribution in [0.5, 0.6) is 0 Å². The minimum absolute atomic E-state index is 0.150. The second-order valence-corrected chi connectivity index (χ2v) is 6.61. The molecule has 3 saturated heterocycles. The molecule has 0 aliphatic carbocycles. The Balaban J connectivity index is 1.58. The molecule has 2 unspecified atom stereocenters. The van der Waals surface area contributed by atoms with E-state index in [1.165, 1.54) is 19.3 Å². The molecule has 0 aromatic rings. The Morgan fingerprint density at radius 1 is 1.29 bits per heavy atom. The van der Waals surface area contributed by atoms with Crippen LogP contribution in [-0.4, -0.2) is 31.1 Å². The molecule has 0 radical (unpaired) electrons. The van der Waals surface area contributed by atoms with Gasteiger partial charge in [-0.1, -0.05) is 13.3 Å². The maximum Gasteiger partial charge on any atom is 0.136 e. The third-order valence-corrected chi connectivity index (χ3v) is 4.67. The van der Waals surface area contributed by atoms with Crippen LogP contribution in [0.15, 0.2) is 0 Å². The minimum atomic E-state index is 0.150. The summed E-state index contributed by atoms with van der Waals surface area (Å²) >= 11 is 0. The maximum absolute atomic E-state index is 12.4. The number of hydrogen-bond acceptors (Lipinski definition) is 3. The van der Waals surface area contributed by atoms with Crippen molar-refractivity contribution in [2.75, 3.05) is 13.2 Å². The Morgan fingerprint density at radius 3 is 2.47 bits per heavy atom. The molecule has 0 spiro atoms. The first-order valence-electron chi connectivity index (χ1n) is 7.01. The van der Waals surface area contributed by atoms with E-state index in [4.69, 9.17) is 4.74 Å². The molecule has 3 heteroatoms. The van der Waals surface area contributed by atoms with Gasteiger partial charge in [-0.2, -0.15) is 0 Å². The molecule has 0 amide bonds. The van der Waals surface area contributed by atoms with Crippen molar-refractivity contribution in [3.8, 4) is 0 Å². The lowest BCUT2D eigenvalue weighted by atomic mass is 9.74. The topological polar surface area (TPSA) is 38.3 Å². The fraction of sp³-hybridized carbons (Fsp3) is 0.929. The van der Waals surface area contributed by atoms with E-state index in [-0.39, 0.29) is 5.41 Å². The number of piperidine rings is 2. The predicted molar refractivity (Wildman–Crippen MR) is 65.8 cm³/mol. The average Bonchev–Trinajstić information content (AvgIpc) is 2.26. The lowest BCUT2D eigenvalue weighted by Crippen LogP contribution is -2.51. The van der Waals surface area contributed by atoms with E-state index in [2.05, 4.69) is 12.2 Å². The molecule has 3 fully saturated rings. The number of fused-ring (bicyclic) bond motifs is 2. The van der Waals surface area contributed by atoms with Crippen molar-refractivity contribution >= 4 is 5.78 Å². The normalized spacial score (nSPS) is 39.5. The van der Waals surface area contributed by atoms with Gasteiger partial charge in [0.2, 0.25) is 0 Å². The zero-order chi connectivity index (χ0) is 11.9. The van der Waals surface area contributed by atoms with Crippen molar-refractivity contribution < 1.29 is 9.53 Å². The second-order valence-electron chi connectivity index (χ2n) is 6.61. The van der Waals surface area contributed by atoms with Gasteiger partial charge in [0, 0.05) is 29.8 Å². The van der Waals surface area contributed by atoms with Crippen molar-refractivity contribution in [1.82, 2.24) is 5.32 Å². The van der Waals surface area contributed by atoms with Crippen molar-refractivity contribution in [1.29, 1.82) is 0 Å². The van der Waals surface area contributed by atoms with Crippen molar-refractivity contribution in [2.24, 2.45) is 11.3 Å². The molecule has 3 aliphatic heterocycles. The highest BCUT2D eigenvalue weighted by Gasteiger charge is 2.40. The first kappa shape index (κ1) is 11.7. The van der Waals surface area contributed by atoms with Crippen LogP contribution in [0, 0.1) is 11.3 Å². The van der Waals surface area contributed by atoms with E-state index in [1.54, 1.807) is 0 Å². The molecule has 0 aromatic heterocycles. The van der Waals surface area contributed by atoms with E-state index >= 15 is 0 Å². The summed E-state index contributed by atoms with van der Waals surface area (Å²) in [6, 6.07) is 1.23. The van der Waals surface area contributed by atoms with Crippen LogP contribution in [0.25, 0.3) is 0 Å². The lowest BCUT2D eigenvalue weighted by molar-refractivity contribution is -0.141. The fourth-order valence-electron chi connectivity index (χ4n) is 3.65. The van der Waals surface area contributed by atoms with Crippen LogP contribution in [0.2, 0.25) is 0 Å². The standard InChI is InChI=1S/C14H23NO2/c1-14(8-17-9-14)7-13(16)10-5-11-3-2-4-12(6-10)15-11/h10-12,15H,2-9H2,1H3. The summed E-state index contributed by atoms with van der Waals surface area (Å²) < 4.78 is 5.24. The second kappa shape index (κ2) is 4.36. The highest BCUT2D eigenvalue weighted by Crippen LogP contribution is 2.36. The summed E-state index contributed by atoms with van der Waals surface area (Å²) in [4.78, 5) is 12.4. The monoisotopic (exact) mass is 237 g/mol. The number of carbonyl (C=O) groups excluding carboxylic acids is 1. The molecular formula is C14H23NO2. The van der Waals surface area contributed by atoms with Gasteiger partial charge in [0.25, 0.3) is 0 Å². The lowest BCUT2D eigenvalue weighted by Gasteiger charge is -2.42. The first-order chi connectivity index (χ1) is 8.15. The Labute approximate surface area is 103 Å². The van der Waals surface area contributed by atoms with Gasteiger partial charge >= 0.3 is 0 Å². The van der Waals surface area contributed by atoms with E-state index in [0.29, 0.717) is 23.8 Å². The zero-order valence-corrected chi connectivity index (χ0v) is 10.7. The van der Waals surface area contributed by atoms with Crippen molar-refractivity contribution in [3.05, 3.63) is 0 Å². The first-order valence-corrected chi connectivity index (χ1v) is 7.01. The van der Waals surface area contributed by atoms with Crippen LogP contribution in [0.4, 0.5) is 0 Å². The molecule has 3 aliphatic rings. The molecule has 3 nitrogen and oxygen atoms in total. The Morgan fingerprint density at radius 2 is 1.94 bits per heavy atom. The summed E-state index contributed by atoms with van der Waals surface area (Å²) in [5.74, 6) is 0.818. The van der Waals surface area contributed by atoms with Gasteiger partial charge in [-0.3, -0.25) is 4.79 Å². The van der Waals surface area contributed by atoms with E-state index in [1.807, 2.05) is 0 Å². The highest BCUT2D eigenvalue weighted by molar-refractivity contribution is 5.82. The van der Waals surface area contributed by atoms with Crippen LogP contribution < -0.4 is 5.32 Å². The molecule has 0 aromatic carbocycles. The van der Waals surface area contributed by atoms with E-state index in [9.17, 15) is 4.79 Å². The molecule has 1 N–H and O–H groups in total. The van der Waals surface area contributed by atoms with Crippen molar-refractivity contribution in [3.63, 3.8) is 0 Å². The van der Waals surface area contributed by atoms with Crippen LogP contribution in [0.3, 0.4) is 0 Å². The smallest absolute Gasteiger partial charge is 0.136 e. The molecule has 3 heterocycles. The number of ketones is 1. The number of carbonyl (C=O) groups is 1. The average molecular weight is 237 g/mol. The number of hydrogen-bond donors (Lipinski definition) is 1. The molecular weight excluding hydrogens is 214 g/mol. The third-order valence-electron chi connectivity index (χ3n) is 4.67. The van der Waals surface area contributed by atoms with Gasteiger partial charge in [-0.25, -0.2) is 0 Å². The number of Topliss-reactive ketones (excluding diaryl/α,β-unsaturated/α-hetero) is 1. The number of ether oxygens (including phenoxy) is 1. The van der Waals surface area contributed by atoms with Gasteiger partial charge in [0.05, 0.1) is 13.2 Å². The Hall–Kier alpha value is -0.410. The SMILES string of the molecule is CC1(CC(=O)C2CC3CCCC(C2)N3)COC1. The highest BCUT2D eigenvalue weighted by atomic mass is 16.5. The largest absolute Gasteiger partial charge is 0.380 e. The summed E-state index contributed by atoms with van der Waals surface area (Å²) in [5.41, 5.74) is 0.150. The molecule has 2 bridgehead atoms. The third kappa shape index (κ3) is 2.41. The summed E-state index contributed by atoms with van der Waals surface area (Å²) in [7, 11) is 0. The minimum Gasteiger partial charge on any atom is -0.380 e. The molecule has 3 rings (SSSR count). The summed E-state index contributed by atoms with van der Waals surface area (Å²) in [6.45, 7) is 3.73. The number of rotatable bonds is 3.